The van der Waals surface area contributed by atoms with Gasteiger partial charge in [0.1, 0.15) is 5.82 Å². The normalized spacial score (nSPS) is 11.2. The van der Waals surface area contributed by atoms with Crippen molar-refractivity contribution in [3.8, 4) is 0 Å². The van der Waals surface area contributed by atoms with Gasteiger partial charge < -0.3 is 5.32 Å². The van der Waals surface area contributed by atoms with Gasteiger partial charge in [0.2, 0.25) is 5.54 Å². The maximum atomic E-state index is 12.8. The van der Waals surface area contributed by atoms with E-state index in [0.29, 0.717) is 5.69 Å². The Morgan fingerprint density at radius 2 is 2.19 bits per heavy atom. The third-order valence-corrected chi connectivity index (χ3v) is 2.43. The molecule has 88 valence electrons. The first-order valence-corrected chi connectivity index (χ1v) is 5.04. The quantitative estimate of drug-likeness (QED) is 0.656. The van der Waals surface area contributed by atoms with Crippen LogP contribution in [0.2, 0.25) is 5.02 Å². The molecular formula is C10H12ClFN2O2. The highest BCUT2D eigenvalue weighted by molar-refractivity contribution is 6.31. The van der Waals surface area contributed by atoms with E-state index in [2.05, 4.69) is 5.32 Å². The maximum Gasteiger partial charge on any atom is 0.233 e. The average molecular weight is 247 g/mol. The minimum atomic E-state index is -1.08. The predicted molar refractivity (Wildman–Crippen MR) is 61.0 cm³/mol. The van der Waals surface area contributed by atoms with Gasteiger partial charge >= 0.3 is 0 Å². The smallest absolute Gasteiger partial charge is 0.233 e. The zero-order valence-electron chi connectivity index (χ0n) is 8.96. The van der Waals surface area contributed by atoms with Crippen LogP contribution in [0.15, 0.2) is 18.2 Å². The molecule has 1 N–H and O–H groups in total. The van der Waals surface area contributed by atoms with Gasteiger partial charge in [-0.15, -0.1) is 0 Å². The highest BCUT2D eigenvalue weighted by atomic mass is 35.5. The first-order valence-electron chi connectivity index (χ1n) is 4.66. The Bertz CT molecular complexity index is 410. The van der Waals surface area contributed by atoms with Crippen LogP contribution < -0.4 is 5.32 Å². The standard InChI is InChI=1S/C10H12ClFN2O2/c1-10(2,14(15)16)6-13-7-3-4-9(12)8(11)5-7/h3-5,13H,6H2,1-2H3. The van der Waals surface area contributed by atoms with Crippen molar-refractivity contribution in [3.63, 3.8) is 0 Å². The zero-order valence-corrected chi connectivity index (χ0v) is 9.71. The van der Waals surface area contributed by atoms with Gasteiger partial charge in [0.25, 0.3) is 0 Å². The molecule has 1 rings (SSSR count). The van der Waals surface area contributed by atoms with Crippen molar-refractivity contribution in [1.82, 2.24) is 0 Å². The van der Waals surface area contributed by atoms with Crippen molar-refractivity contribution in [3.05, 3.63) is 39.2 Å². The molecule has 0 radical (unpaired) electrons. The molecule has 4 nitrogen and oxygen atoms in total. The molecule has 0 fully saturated rings. The van der Waals surface area contributed by atoms with Crippen LogP contribution in [-0.2, 0) is 0 Å². The lowest BCUT2D eigenvalue weighted by molar-refractivity contribution is -0.556. The van der Waals surface area contributed by atoms with E-state index >= 15 is 0 Å². The molecule has 0 bridgehead atoms. The molecule has 0 aliphatic rings. The Morgan fingerprint density at radius 3 is 2.69 bits per heavy atom. The molecule has 0 amide bonds. The van der Waals surface area contributed by atoms with Crippen molar-refractivity contribution in [2.75, 3.05) is 11.9 Å². The SMILES string of the molecule is CC(C)(CNc1ccc(F)c(Cl)c1)[N+](=O)[O-]. The maximum absolute atomic E-state index is 12.8. The number of nitrogens with one attached hydrogen (secondary N) is 1. The van der Waals surface area contributed by atoms with E-state index in [9.17, 15) is 14.5 Å². The molecule has 16 heavy (non-hydrogen) atoms. The Labute approximate surface area is 97.6 Å². The summed E-state index contributed by atoms with van der Waals surface area (Å²) in [5.74, 6) is -0.513. The number of hydrogen-bond donors (Lipinski definition) is 1. The largest absolute Gasteiger partial charge is 0.378 e. The molecule has 1 aromatic rings. The Hall–Kier alpha value is -1.36. The van der Waals surface area contributed by atoms with Gasteiger partial charge in [-0.25, -0.2) is 4.39 Å². The molecule has 0 saturated heterocycles. The highest BCUT2D eigenvalue weighted by Crippen LogP contribution is 2.20. The fourth-order valence-corrected chi connectivity index (χ4v) is 1.17. The van der Waals surface area contributed by atoms with Gasteiger partial charge in [-0.3, -0.25) is 10.1 Å². The summed E-state index contributed by atoms with van der Waals surface area (Å²) < 4.78 is 12.8. The van der Waals surface area contributed by atoms with Crippen LogP contribution in [0.3, 0.4) is 0 Å². The molecule has 0 aliphatic carbocycles. The second-order valence-electron chi connectivity index (χ2n) is 4.05. The number of anilines is 1. The van der Waals surface area contributed by atoms with Gasteiger partial charge in [-0.1, -0.05) is 11.6 Å². The molecule has 0 aromatic heterocycles. The minimum absolute atomic E-state index is 0.0103. The van der Waals surface area contributed by atoms with Crippen LogP contribution in [0.1, 0.15) is 13.8 Å². The number of benzene rings is 1. The van der Waals surface area contributed by atoms with E-state index < -0.39 is 11.4 Å². The molecule has 0 saturated carbocycles. The van der Waals surface area contributed by atoms with Crippen LogP contribution in [0.25, 0.3) is 0 Å². The number of nitro groups is 1. The zero-order chi connectivity index (χ0) is 12.3. The van der Waals surface area contributed by atoms with Crippen LogP contribution >= 0.6 is 11.6 Å². The first kappa shape index (κ1) is 12.7. The summed E-state index contributed by atoms with van der Waals surface area (Å²) in [6.07, 6.45) is 0. The van der Waals surface area contributed by atoms with Gasteiger partial charge in [-0.2, -0.15) is 0 Å². The van der Waals surface area contributed by atoms with Gasteiger partial charge in [-0.05, 0) is 18.2 Å². The van der Waals surface area contributed by atoms with Gasteiger partial charge in [0.15, 0.2) is 0 Å². The lowest BCUT2D eigenvalue weighted by atomic mass is 10.1. The predicted octanol–water partition coefficient (Wildman–Crippen LogP) is 2.95. The van der Waals surface area contributed by atoms with E-state index in [1.165, 1.54) is 32.0 Å². The third-order valence-electron chi connectivity index (χ3n) is 2.14. The number of nitrogens with zero attached hydrogens (tertiary/aromatic N) is 1. The van der Waals surface area contributed by atoms with Crippen LogP contribution in [0, 0.1) is 15.9 Å². The molecule has 0 unspecified atom stereocenters. The Kier molecular flexibility index (Phi) is 3.70. The molecule has 0 spiro atoms. The summed E-state index contributed by atoms with van der Waals surface area (Å²) in [6.45, 7) is 3.15. The molecule has 6 heteroatoms. The molecular weight excluding hydrogens is 235 g/mol. The second-order valence-corrected chi connectivity index (χ2v) is 4.46. The lowest BCUT2D eigenvalue weighted by Gasteiger charge is -2.17. The third kappa shape index (κ3) is 3.06. The summed E-state index contributed by atoms with van der Waals surface area (Å²) in [4.78, 5) is 10.3. The minimum Gasteiger partial charge on any atom is -0.378 e. The summed E-state index contributed by atoms with van der Waals surface area (Å²) in [5, 5.41) is 13.5. The van der Waals surface area contributed by atoms with Gasteiger partial charge in [0.05, 0.1) is 11.6 Å². The number of rotatable bonds is 4. The summed E-state index contributed by atoms with van der Waals surface area (Å²) in [7, 11) is 0. The van der Waals surface area contributed by atoms with E-state index in [4.69, 9.17) is 11.6 Å². The van der Waals surface area contributed by atoms with E-state index in [1.807, 2.05) is 0 Å². The Morgan fingerprint density at radius 1 is 1.56 bits per heavy atom. The summed E-state index contributed by atoms with van der Waals surface area (Å²) in [5.41, 5.74) is -0.526. The number of halogens is 2. The molecule has 0 atom stereocenters. The van der Waals surface area contributed by atoms with Gasteiger partial charge in [0, 0.05) is 24.5 Å². The lowest BCUT2D eigenvalue weighted by Crippen LogP contribution is -2.38. The van der Waals surface area contributed by atoms with E-state index in [1.54, 1.807) is 0 Å². The molecule has 0 heterocycles. The Balaban J connectivity index is 2.68. The number of hydrogen-bond acceptors (Lipinski definition) is 3. The van der Waals surface area contributed by atoms with Crippen LogP contribution in [0.5, 0.6) is 0 Å². The van der Waals surface area contributed by atoms with Crippen molar-refractivity contribution < 1.29 is 9.31 Å². The fraction of sp³-hybridized carbons (Fsp3) is 0.400. The van der Waals surface area contributed by atoms with Crippen LogP contribution in [0.4, 0.5) is 10.1 Å². The van der Waals surface area contributed by atoms with Crippen molar-refractivity contribution in [2.45, 2.75) is 19.4 Å². The topological polar surface area (TPSA) is 55.2 Å². The average Bonchev–Trinajstić information content (AvgIpc) is 2.20. The summed E-state index contributed by atoms with van der Waals surface area (Å²) in [6, 6.07) is 4.09. The molecule has 1 aromatic carbocycles. The van der Waals surface area contributed by atoms with E-state index in [0.717, 1.165) is 0 Å². The monoisotopic (exact) mass is 246 g/mol. The second kappa shape index (κ2) is 4.65. The van der Waals surface area contributed by atoms with Crippen molar-refractivity contribution in [2.24, 2.45) is 0 Å². The highest BCUT2D eigenvalue weighted by Gasteiger charge is 2.30. The first-order chi connectivity index (χ1) is 7.33. The van der Waals surface area contributed by atoms with Crippen molar-refractivity contribution in [1.29, 1.82) is 0 Å². The van der Waals surface area contributed by atoms with Crippen LogP contribution in [-0.4, -0.2) is 17.0 Å². The van der Waals surface area contributed by atoms with Crippen molar-refractivity contribution >= 4 is 17.3 Å². The molecule has 0 aliphatic heterocycles. The fourth-order valence-electron chi connectivity index (χ4n) is 0.989. The summed E-state index contributed by atoms with van der Waals surface area (Å²) >= 11 is 5.58. The van der Waals surface area contributed by atoms with E-state index in [-0.39, 0.29) is 16.5 Å².